The lowest BCUT2D eigenvalue weighted by molar-refractivity contribution is 0.867. The van der Waals surface area contributed by atoms with Gasteiger partial charge in [0.05, 0.1) is 0 Å². The topological polar surface area (TPSA) is 37.8 Å². The van der Waals surface area contributed by atoms with E-state index in [1.54, 1.807) is 13.0 Å². The van der Waals surface area contributed by atoms with Gasteiger partial charge in [-0.25, -0.2) is 9.97 Å². The summed E-state index contributed by atoms with van der Waals surface area (Å²) in [4.78, 5) is 8.30. The first kappa shape index (κ1) is 13.1. The number of rotatable bonds is 3. The van der Waals surface area contributed by atoms with Crippen molar-refractivity contribution in [3.05, 3.63) is 51.9 Å². The van der Waals surface area contributed by atoms with Gasteiger partial charge in [-0.1, -0.05) is 35.3 Å². The summed E-state index contributed by atoms with van der Waals surface area (Å²) in [6, 6.07) is 9.51. The van der Waals surface area contributed by atoms with Crippen molar-refractivity contribution in [2.45, 2.75) is 19.9 Å². The first-order valence-electron chi connectivity index (χ1n) is 5.58. The molecule has 94 valence electrons. The molecule has 0 bridgehead atoms. The monoisotopic (exact) mass is 281 g/mol. The summed E-state index contributed by atoms with van der Waals surface area (Å²) in [6.45, 7) is 3.85. The van der Waals surface area contributed by atoms with E-state index in [0.717, 1.165) is 10.6 Å². The molecule has 2 aromatic rings. The van der Waals surface area contributed by atoms with Gasteiger partial charge < -0.3 is 5.32 Å². The molecule has 1 aromatic carbocycles. The number of anilines is 1. The van der Waals surface area contributed by atoms with Gasteiger partial charge in [0.2, 0.25) is 0 Å². The van der Waals surface area contributed by atoms with Crippen LogP contribution in [0.3, 0.4) is 0 Å². The summed E-state index contributed by atoms with van der Waals surface area (Å²) in [7, 11) is 0. The Kier molecular flexibility index (Phi) is 4.04. The van der Waals surface area contributed by atoms with Crippen LogP contribution in [0.5, 0.6) is 0 Å². The van der Waals surface area contributed by atoms with Gasteiger partial charge in [0.25, 0.3) is 0 Å². The van der Waals surface area contributed by atoms with E-state index in [9.17, 15) is 0 Å². The van der Waals surface area contributed by atoms with Crippen LogP contribution < -0.4 is 5.32 Å². The highest BCUT2D eigenvalue weighted by atomic mass is 35.5. The molecule has 0 saturated heterocycles. The third kappa shape index (κ3) is 3.34. The molecule has 18 heavy (non-hydrogen) atoms. The molecule has 0 radical (unpaired) electrons. The Morgan fingerprint density at radius 1 is 1.17 bits per heavy atom. The highest BCUT2D eigenvalue weighted by Gasteiger charge is 2.07. The van der Waals surface area contributed by atoms with Crippen molar-refractivity contribution in [1.82, 2.24) is 9.97 Å². The van der Waals surface area contributed by atoms with E-state index in [-0.39, 0.29) is 6.04 Å². The summed E-state index contributed by atoms with van der Waals surface area (Å²) in [5.41, 5.74) is 1.09. The summed E-state index contributed by atoms with van der Waals surface area (Å²) >= 11 is 11.9. The molecule has 2 rings (SSSR count). The maximum absolute atomic E-state index is 5.97. The van der Waals surface area contributed by atoms with Crippen LogP contribution in [0.15, 0.2) is 30.3 Å². The average molecular weight is 282 g/mol. The van der Waals surface area contributed by atoms with Crippen molar-refractivity contribution in [2.24, 2.45) is 0 Å². The van der Waals surface area contributed by atoms with Gasteiger partial charge in [0.1, 0.15) is 16.8 Å². The first-order chi connectivity index (χ1) is 8.54. The Labute approximate surface area is 116 Å². The van der Waals surface area contributed by atoms with Gasteiger partial charge in [-0.3, -0.25) is 0 Å². The van der Waals surface area contributed by atoms with Crippen LogP contribution in [0.1, 0.15) is 24.4 Å². The first-order valence-corrected chi connectivity index (χ1v) is 6.33. The summed E-state index contributed by atoms with van der Waals surface area (Å²) in [5, 5.41) is 4.43. The number of nitrogens with one attached hydrogen (secondary N) is 1. The number of aromatic nitrogens is 2. The number of halogens is 2. The minimum absolute atomic E-state index is 0.0917. The van der Waals surface area contributed by atoms with E-state index in [2.05, 4.69) is 15.3 Å². The van der Waals surface area contributed by atoms with Crippen molar-refractivity contribution in [1.29, 1.82) is 0 Å². The van der Waals surface area contributed by atoms with Crippen LogP contribution in [0.2, 0.25) is 10.2 Å². The number of aryl methyl sites for hydroxylation is 1. The van der Waals surface area contributed by atoms with E-state index < -0.39 is 0 Å². The zero-order chi connectivity index (χ0) is 13.1. The van der Waals surface area contributed by atoms with E-state index in [4.69, 9.17) is 23.2 Å². The van der Waals surface area contributed by atoms with Gasteiger partial charge >= 0.3 is 0 Å². The minimum Gasteiger partial charge on any atom is -0.363 e. The predicted molar refractivity (Wildman–Crippen MR) is 75.3 cm³/mol. The Bertz CT molecular complexity index is 537. The fourth-order valence-corrected chi connectivity index (χ4v) is 2.11. The van der Waals surface area contributed by atoms with Crippen molar-refractivity contribution in [3.8, 4) is 0 Å². The van der Waals surface area contributed by atoms with Crippen molar-refractivity contribution in [2.75, 3.05) is 5.32 Å². The number of hydrogen-bond donors (Lipinski definition) is 1. The second-order valence-electron chi connectivity index (χ2n) is 4.04. The second-order valence-corrected chi connectivity index (χ2v) is 4.87. The van der Waals surface area contributed by atoms with Gasteiger partial charge in [0.15, 0.2) is 0 Å². The quantitative estimate of drug-likeness (QED) is 0.854. The highest BCUT2D eigenvalue weighted by molar-refractivity contribution is 6.30. The molecule has 0 saturated carbocycles. The van der Waals surface area contributed by atoms with Crippen LogP contribution in [0.4, 0.5) is 5.82 Å². The van der Waals surface area contributed by atoms with E-state index in [1.165, 1.54) is 0 Å². The van der Waals surface area contributed by atoms with Crippen molar-refractivity contribution < 1.29 is 0 Å². The predicted octanol–water partition coefficient (Wildman–Crippen LogP) is 4.26. The van der Waals surface area contributed by atoms with Crippen LogP contribution >= 0.6 is 23.2 Å². The zero-order valence-corrected chi connectivity index (χ0v) is 11.6. The fourth-order valence-electron chi connectivity index (χ4n) is 1.69. The Balaban J connectivity index is 2.18. The Morgan fingerprint density at radius 3 is 2.61 bits per heavy atom. The molecule has 0 aliphatic heterocycles. The molecule has 0 fully saturated rings. The minimum atomic E-state index is 0.0917. The maximum atomic E-state index is 5.97. The summed E-state index contributed by atoms with van der Waals surface area (Å²) in [6.07, 6.45) is 0. The van der Waals surface area contributed by atoms with Gasteiger partial charge in [0, 0.05) is 17.1 Å². The highest BCUT2D eigenvalue weighted by Crippen LogP contribution is 2.21. The Hall–Kier alpha value is -1.32. The van der Waals surface area contributed by atoms with Crippen LogP contribution in [-0.2, 0) is 0 Å². The van der Waals surface area contributed by atoms with Crippen LogP contribution in [-0.4, -0.2) is 9.97 Å². The van der Waals surface area contributed by atoms with Crippen molar-refractivity contribution >= 4 is 29.0 Å². The summed E-state index contributed by atoms with van der Waals surface area (Å²) in [5.74, 6) is 1.35. The zero-order valence-electron chi connectivity index (χ0n) is 10.1. The molecular formula is C13H13Cl2N3. The molecule has 0 aliphatic carbocycles. The molecule has 1 unspecified atom stereocenters. The number of hydrogen-bond acceptors (Lipinski definition) is 3. The van der Waals surface area contributed by atoms with Gasteiger partial charge in [-0.2, -0.15) is 0 Å². The van der Waals surface area contributed by atoms with E-state index in [0.29, 0.717) is 16.8 Å². The fraction of sp³-hybridized carbons (Fsp3) is 0.231. The van der Waals surface area contributed by atoms with Crippen LogP contribution in [0.25, 0.3) is 0 Å². The normalized spacial score (nSPS) is 12.2. The molecule has 0 aliphatic rings. The SMILES string of the molecule is Cc1nc(Cl)cc(NC(C)c2cccc(Cl)c2)n1. The average Bonchev–Trinajstić information content (AvgIpc) is 2.27. The molecule has 1 N–H and O–H groups in total. The van der Waals surface area contributed by atoms with Crippen molar-refractivity contribution in [3.63, 3.8) is 0 Å². The van der Waals surface area contributed by atoms with Gasteiger partial charge in [-0.15, -0.1) is 0 Å². The number of nitrogens with zero attached hydrogens (tertiary/aromatic N) is 2. The Morgan fingerprint density at radius 2 is 1.94 bits per heavy atom. The lowest BCUT2D eigenvalue weighted by Crippen LogP contribution is -2.08. The summed E-state index contributed by atoms with van der Waals surface area (Å²) < 4.78 is 0. The maximum Gasteiger partial charge on any atom is 0.134 e. The lowest BCUT2D eigenvalue weighted by Gasteiger charge is -2.15. The third-order valence-electron chi connectivity index (χ3n) is 2.52. The largest absolute Gasteiger partial charge is 0.363 e. The third-order valence-corrected chi connectivity index (χ3v) is 2.95. The van der Waals surface area contributed by atoms with Crippen LogP contribution in [0, 0.1) is 6.92 Å². The molecule has 0 amide bonds. The van der Waals surface area contributed by atoms with E-state index in [1.807, 2.05) is 31.2 Å². The molecule has 0 spiro atoms. The lowest BCUT2D eigenvalue weighted by atomic mass is 10.1. The molecule has 3 nitrogen and oxygen atoms in total. The molecule has 5 heteroatoms. The standard InChI is InChI=1S/C13H13Cl2N3/c1-8(10-4-3-5-11(14)6-10)16-13-7-12(15)17-9(2)18-13/h3-8H,1-2H3,(H,16,17,18). The smallest absolute Gasteiger partial charge is 0.134 e. The van der Waals surface area contributed by atoms with E-state index >= 15 is 0 Å². The molecule has 1 aromatic heterocycles. The second kappa shape index (κ2) is 5.55. The van der Waals surface area contributed by atoms with Gasteiger partial charge in [-0.05, 0) is 31.5 Å². The molecule has 1 heterocycles. The number of benzene rings is 1. The molecular weight excluding hydrogens is 269 g/mol. The molecule has 1 atom stereocenters.